The van der Waals surface area contributed by atoms with Crippen molar-refractivity contribution in [1.82, 2.24) is 0 Å². The molecule has 0 aromatic heterocycles. The zero-order chi connectivity index (χ0) is 14.3. The van der Waals surface area contributed by atoms with Gasteiger partial charge < -0.3 is 10.6 Å². The lowest BCUT2D eigenvalue weighted by Crippen LogP contribution is -2.20. The van der Waals surface area contributed by atoms with E-state index in [-0.39, 0.29) is 5.92 Å². The Morgan fingerprint density at radius 2 is 1.90 bits per heavy atom. The Morgan fingerprint density at radius 3 is 2.65 bits per heavy atom. The van der Waals surface area contributed by atoms with E-state index in [1.807, 2.05) is 23.1 Å². The van der Waals surface area contributed by atoms with Crippen LogP contribution in [0.4, 0.5) is 18.9 Å². The molecule has 0 spiro atoms. The van der Waals surface area contributed by atoms with Gasteiger partial charge in [-0.3, -0.25) is 0 Å². The van der Waals surface area contributed by atoms with Crippen molar-refractivity contribution in [2.24, 2.45) is 17.6 Å². The summed E-state index contributed by atoms with van der Waals surface area (Å²) in [5.41, 5.74) is 6.52. The lowest BCUT2D eigenvalue weighted by molar-refractivity contribution is -0.137. The number of anilines is 1. The van der Waals surface area contributed by atoms with Gasteiger partial charge in [0.25, 0.3) is 0 Å². The maximum atomic E-state index is 12.7. The first-order chi connectivity index (χ1) is 9.43. The molecule has 106 valence electrons. The number of benzene rings is 1. The average molecular weight is 280 g/mol. The minimum atomic E-state index is -4.30. The second-order valence-electron chi connectivity index (χ2n) is 5.31. The first-order valence-corrected chi connectivity index (χ1v) is 6.51. The molecule has 5 heteroatoms. The first kappa shape index (κ1) is 13.1. The van der Waals surface area contributed by atoms with Crippen molar-refractivity contribution >= 4 is 5.69 Å². The van der Waals surface area contributed by atoms with Crippen LogP contribution in [0, 0.1) is 11.8 Å². The highest BCUT2D eigenvalue weighted by Gasteiger charge is 2.34. The molecule has 2 aliphatic rings. The Balaban J connectivity index is 1.83. The second kappa shape index (κ2) is 4.58. The number of rotatable bonds is 1. The molecule has 0 amide bonds. The molecule has 20 heavy (non-hydrogen) atoms. The Morgan fingerprint density at radius 1 is 1.15 bits per heavy atom. The molecule has 1 aromatic carbocycles. The van der Waals surface area contributed by atoms with E-state index in [0.29, 0.717) is 18.2 Å². The molecule has 2 atom stereocenters. The molecule has 3 rings (SSSR count). The summed E-state index contributed by atoms with van der Waals surface area (Å²) in [6.45, 7) is 1.43. The number of fused-ring (bicyclic) bond motifs is 1. The lowest BCUT2D eigenvalue weighted by atomic mass is 9.91. The van der Waals surface area contributed by atoms with Gasteiger partial charge in [0, 0.05) is 36.3 Å². The van der Waals surface area contributed by atoms with E-state index in [0.717, 1.165) is 18.3 Å². The van der Waals surface area contributed by atoms with Crippen LogP contribution in [0.3, 0.4) is 0 Å². The predicted octanol–water partition coefficient (Wildman–Crippen LogP) is 3.17. The molecule has 2 N–H and O–H groups in total. The SMILES string of the molecule is NC1=CC2CN(c3cccc(C(F)(F)F)c3)CC2C=C1. The molecule has 2 unspecified atom stereocenters. The summed E-state index contributed by atoms with van der Waals surface area (Å²) in [6, 6.07) is 5.50. The van der Waals surface area contributed by atoms with Gasteiger partial charge in [-0.2, -0.15) is 13.2 Å². The van der Waals surface area contributed by atoms with E-state index in [1.165, 1.54) is 12.1 Å². The van der Waals surface area contributed by atoms with E-state index in [9.17, 15) is 13.2 Å². The van der Waals surface area contributed by atoms with E-state index in [1.54, 1.807) is 6.07 Å². The fourth-order valence-corrected chi connectivity index (χ4v) is 2.86. The standard InChI is InChI=1S/C15H15F3N2/c16-15(17,18)12-2-1-3-14(7-12)20-8-10-4-5-13(19)6-11(10)9-20/h1-7,10-11H,8-9,19H2. The van der Waals surface area contributed by atoms with Crippen molar-refractivity contribution < 1.29 is 13.2 Å². The maximum absolute atomic E-state index is 12.7. The molecule has 2 nitrogen and oxygen atoms in total. The van der Waals surface area contributed by atoms with Gasteiger partial charge in [0.15, 0.2) is 0 Å². The average Bonchev–Trinajstić information content (AvgIpc) is 2.81. The molecule has 1 saturated heterocycles. The number of halogens is 3. The fourth-order valence-electron chi connectivity index (χ4n) is 2.86. The quantitative estimate of drug-likeness (QED) is 0.856. The second-order valence-corrected chi connectivity index (χ2v) is 5.31. The van der Waals surface area contributed by atoms with E-state index >= 15 is 0 Å². The topological polar surface area (TPSA) is 29.3 Å². The molecular formula is C15H15F3N2. The van der Waals surface area contributed by atoms with E-state index in [4.69, 9.17) is 5.73 Å². The third-order valence-electron chi connectivity index (χ3n) is 3.89. The van der Waals surface area contributed by atoms with Crippen LogP contribution >= 0.6 is 0 Å². The number of allylic oxidation sites excluding steroid dienone is 1. The van der Waals surface area contributed by atoms with Gasteiger partial charge >= 0.3 is 6.18 Å². The van der Waals surface area contributed by atoms with Gasteiger partial charge in [-0.1, -0.05) is 18.2 Å². The number of nitrogens with two attached hydrogens (primary N) is 1. The van der Waals surface area contributed by atoms with Crippen LogP contribution in [0.5, 0.6) is 0 Å². The molecule has 1 aliphatic heterocycles. The van der Waals surface area contributed by atoms with E-state index < -0.39 is 11.7 Å². The lowest BCUT2D eigenvalue weighted by Gasteiger charge is -2.19. The predicted molar refractivity (Wildman–Crippen MR) is 72.0 cm³/mol. The maximum Gasteiger partial charge on any atom is 0.416 e. The molecular weight excluding hydrogens is 265 g/mol. The van der Waals surface area contributed by atoms with Crippen molar-refractivity contribution in [1.29, 1.82) is 0 Å². The first-order valence-electron chi connectivity index (χ1n) is 6.51. The van der Waals surface area contributed by atoms with Crippen LogP contribution in [0.2, 0.25) is 0 Å². The summed E-state index contributed by atoms with van der Waals surface area (Å²) in [5, 5.41) is 0. The third-order valence-corrected chi connectivity index (χ3v) is 3.89. The summed E-state index contributed by atoms with van der Waals surface area (Å²) in [7, 11) is 0. The minimum Gasteiger partial charge on any atom is -0.399 e. The summed E-state index contributed by atoms with van der Waals surface area (Å²) in [4.78, 5) is 1.99. The molecule has 1 aliphatic carbocycles. The summed E-state index contributed by atoms with van der Waals surface area (Å²) in [6.07, 6.45) is 1.62. The van der Waals surface area contributed by atoms with Gasteiger partial charge in [0.05, 0.1) is 5.56 Å². The molecule has 0 radical (unpaired) electrons. The largest absolute Gasteiger partial charge is 0.416 e. The number of hydrogen-bond donors (Lipinski definition) is 1. The van der Waals surface area contributed by atoms with Crippen LogP contribution in [0.15, 0.2) is 48.2 Å². The highest BCUT2D eigenvalue weighted by atomic mass is 19.4. The molecule has 1 aromatic rings. The molecule has 1 heterocycles. The molecule has 1 fully saturated rings. The number of alkyl halides is 3. The normalized spacial score (nSPS) is 25.6. The van der Waals surface area contributed by atoms with Crippen molar-refractivity contribution in [3.8, 4) is 0 Å². The van der Waals surface area contributed by atoms with Gasteiger partial charge in [-0.15, -0.1) is 0 Å². The Hall–Kier alpha value is -1.91. The van der Waals surface area contributed by atoms with Crippen LogP contribution in [0.25, 0.3) is 0 Å². The smallest absolute Gasteiger partial charge is 0.399 e. The van der Waals surface area contributed by atoms with Crippen molar-refractivity contribution in [2.45, 2.75) is 6.18 Å². The van der Waals surface area contributed by atoms with Gasteiger partial charge in [0.1, 0.15) is 0 Å². The molecule has 0 bridgehead atoms. The monoisotopic (exact) mass is 280 g/mol. The number of nitrogens with zero attached hydrogens (tertiary/aromatic N) is 1. The highest BCUT2D eigenvalue weighted by molar-refractivity contribution is 5.51. The minimum absolute atomic E-state index is 0.287. The zero-order valence-corrected chi connectivity index (χ0v) is 10.8. The van der Waals surface area contributed by atoms with Crippen LogP contribution < -0.4 is 10.6 Å². The van der Waals surface area contributed by atoms with Crippen LogP contribution in [0.1, 0.15) is 5.56 Å². The summed E-state index contributed by atoms with van der Waals surface area (Å²) < 4.78 is 38.2. The van der Waals surface area contributed by atoms with Crippen LogP contribution in [-0.2, 0) is 6.18 Å². The van der Waals surface area contributed by atoms with Crippen molar-refractivity contribution in [3.63, 3.8) is 0 Å². The number of hydrogen-bond acceptors (Lipinski definition) is 2. The Bertz CT molecular complexity index is 575. The van der Waals surface area contributed by atoms with Crippen molar-refractivity contribution in [3.05, 3.63) is 53.8 Å². The van der Waals surface area contributed by atoms with E-state index in [2.05, 4.69) is 0 Å². The molecule has 0 saturated carbocycles. The highest BCUT2D eigenvalue weighted by Crippen LogP contribution is 2.36. The van der Waals surface area contributed by atoms with Crippen LogP contribution in [-0.4, -0.2) is 13.1 Å². The summed E-state index contributed by atoms with van der Waals surface area (Å²) >= 11 is 0. The van der Waals surface area contributed by atoms with Crippen molar-refractivity contribution in [2.75, 3.05) is 18.0 Å². The third kappa shape index (κ3) is 2.40. The van der Waals surface area contributed by atoms with Gasteiger partial charge in [-0.05, 0) is 24.3 Å². The zero-order valence-electron chi connectivity index (χ0n) is 10.8. The van der Waals surface area contributed by atoms with Gasteiger partial charge in [0.2, 0.25) is 0 Å². The Labute approximate surface area is 115 Å². The fraction of sp³-hybridized carbons (Fsp3) is 0.333. The Kier molecular flexibility index (Phi) is 3.00. The van der Waals surface area contributed by atoms with Gasteiger partial charge in [-0.25, -0.2) is 0 Å². The summed E-state index contributed by atoms with van der Waals surface area (Å²) in [5.74, 6) is 0.617.